The number of amides is 3. The normalized spacial score (nSPS) is 14.9. The topological polar surface area (TPSA) is 104 Å². The molecule has 3 rings (SSSR count). The number of hydrogen-bond donors (Lipinski definition) is 2. The molecule has 2 aromatic rings. The molecule has 2 aromatic heterocycles. The van der Waals surface area contributed by atoms with Crippen molar-refractivity contribution in [2.24, 2.45) is 0 Å². The van der Waals surface area contributed by atoms with Crippen LogP contribution in [0.5, 0.6) is 0 Å². The SMILES string of the molecule is CCOC(=O)CCCNC(=O)N(Cc1ccsc1)C1CCN([C@H](C)CCNC(=O)c2c(C)cc(Cl)nc2C)CC1. The number of halogens is 1. The highest BCUT2D eigenvalue weighted by Crippen LogP contribution is 2.22. The molecule has 0 aromatic carbocycles. The lowest BCUT2D eigenvalue weighted by Crippen LogP contribution is -2.52. The number of aryl methyl sites for hydroxylation is 2. The van der Waals surface area contributed by atoms with Crippen molar-refractivity contribution in [2.75, 3.05) is 32.8 Å². The summed E-state index contributed by atoms with van der Waals surface area (Å²) < 4.78 is 4.97. The zero-order valence-corrected chi connectivity index (χ0v) is 25.6. The van der Waals surface area contributed by atoms with E-state index in [0.29, 0.717) is 61.5 Å². The average molecular weight is 592 g/mol. The van der Waals surface area contributed by atoms with Crippen LogP contribution in [0.3, 0.4) is 0 Å². The molecule has 9 nitrogen and oxygen atoms in total. The molecule has 11 heteroatoms. The number of nitrogens with one attached hydrogen (secondary N) is 2. The number of thiophene rings is 1. The van der Waals surface area contributed by atoms with Gasteiger partial charge in [-0.1, -0.05) is 11.6 Å². The maximum atomic E-state index is 13.2. The molecule has 1 atom stereocenters. The molecule has 3 heterocycles. The van der Waals surface area contributed by atoms with E-state index in [1.54, 1.807) is 31.3 Å². The highest BCUT2D eigenvalue weighted by Gasteiger charge is 2.30. The third kappa shape index (κ3) is 9.45. The lowest BCUT2D eigenvalue weighted by Gasteiger charge is -2.40. The van der Waals surface area contributed by atoms with Crippen molar-refractivity contribution in [3.63, 3.8) is 0 Å². The molecule has 0 spiro atoms. The Hall–Kier alpha value is -2.69. The van der Waals surface area contributed by atoms with Gasteiger partial charge in [-0.2, -0.15) is 11.3 Å². The number of urea groups is 1. The summed E-state index contributed by atoms with van der Waals surface area (Å²) in [5.41, 5.74) is 3.16. The van der Waals surface area contributed by atoms with Crippen molar-refractivity contribution in [2.45, 2.75) is 78.4 Å². The maximum Gasteiger partial charge on any atom is 0.317 e. The maximum absolute atomic E-state index is 13.2. The molecule has 0 aliphatic carbocycles. The van der Waals surface area contributed by atoms with Gasteiger partial charge in [-0.3, -0.25) is 9.59 Å². The van der Waals surface area contributed by atoms with Crippen molar-refractivity contribution in [1.29, 1.82) is 0 Å². The Labute approximate surface area is 246 Å². The number of hydrogen-bond acceptors (Lipinski definition) is 7. The van der Waals surface area contributed by atoms with Crippen LogP contribution in [0.4, 0.5) is 4.79 Å². The second kappa shape index (κ2) is 15.9. The Morgan fingerprint density at radius 2 is 1.98 bits per heavy atom. The highest BCUT2D eigenvalue weighted by atomic mass is 35.5. The van der Waals surface area contributed by atoms with Crippen LogP contribution in [0.25, 0.3) is 0 Å². The number of nitrogens with zero attached hydrogens (tertiary/aromatic N) is 3. The highest BCUT2D eigenvalue weighted by molar-refractivity contribution is 7.07. The van der Waals surface area contributed by atoms with Gasteiger partial charge < -0.3 is 25.2 Å². The van der Waals surface area contributed by atoms with Gasteiger partial charge in [0.25, 0.3) is 5.91 Å². The van der Waals surface area contributed by atoms with Gasteiger partial charge in [-0.25, -0.2) is 9.78 Å². The lowest BCUT2D eigenvalue weighted by molar-refractivity contribution is -0.143. The number of pyridine rings is 1. The minimum Gasteiger partial charge on any atom is -0.466 e. The summed E-state index contributed by atoms with van der Waals surface area (Å²) in [5.74, 6) is -0.359. The number of piperidine rings is 1. The Morgan fingerprint density at radius 3 is 2.62 bits per heavy atom. The third-order valence-corrected chi connectivity index (χ3v) is 8.26. The molecule has 0 radical (unpaired) electrons. The lowest BCUT2D eigenvalue weighted by atomic mass is 10.0. The molecule has 1 aliphatic rings. The monoisotopic (exact) mass is 591 g/mol. The average Bonchev–Trinajstić information content (AvgIpc) is 3.43. The third-order valence-electron chi connectivity index (χ3n) is 7.34. The summed E-state index contributed by atoms with van der Waals surface area (Å²) in [6, 6.07) is 4.11. The number of aromatic nitrogens is 1. The molecule has 0 unspecified atom stereocenters. The molecule has 1 fully saturated rings. The second-order valence-corrected chi connectivity index (χ2v) is 11.5. The van der Waals surface area contributed by atoms with Crippen LogP contribution in [0.1, 0.15) is 73.1 Å². The van der Waals surface area contributed by atoms with E-state index >= 15 is 0 Å². The standard InChI is InChI=1S/C29H42ClN5O4S/c1-5-39-26(36)7-6-12-32-29(38)35(18-23-11-16-40-19-23)24-9-14-34(15-10-24)21(3)8-13-31-28(37)27-20(2)17-25(30)33-22(27)4/h11,16-17,19,21,24H,5-10,12-15,18H2,1-4H3,(H,31,37)(H,32,38)/t21-/m1/s1. The van der Waals surface area contributed by atoms with E-state index < -0.39 is 0 Å². The first kappa shape index (κ1) is 31.8. The number of rotatable bonds is 13. The van der Waals surface area contributed by atoms with E-state index in [-0.39, 0.29) is 23.9 Å². The summed E-state index contributed by atoms with van der Waals surface area (Å²) >= 11 is 7.63. The van der Waals surface area contributed by atoms with Crippen LogP contribution in [0.15, 0.2) is 22.9 Å². The molecule has 3 amide bonds. The van der Waals surface area contributed by atoms with Crippen molar-refractivity contribution >= 4 is 40.8 Å². The summed E-state index contributed by atoms with van der Waals surface area (Å²) in [5, 5.41) is 10.5. The van der Waals surface area contributed by atoms with Crippen LogP contribution < -0.4 is 10.6 Å². The van der Waals surface area contributed by atoms with E-state index in [1.807, 2.05) is 17.2 Å². The molecular formula is C29H42ClN5O4S. The predicted molar refractivity (Wildman–Crippen MR) is 159 cm³/mol. The minimum atomic E-state index is -0.236. The molecule has 1 aliphatic heterocycles. The fourth-order valence-electron chi connectivity index (χ4n) is 5.14. The Bertz CT molecular complexity index is 1100. The van der Waals surface area contributed by atoms with E-state index in [1.165, 1.54) is 0 Å². The first-order valence-corrected chi connectivity index (χ1v) is 15.4. The first-order chi connectivity index (χ1) is 19.2. The van der Waals surface area contributed by atoms with E-state index in [2.05, 4.69) is 38.9 Å². The molecule has 0 saturated carbocycles. The fraction of sp³-hybridized carbons (Fsp3) is 0.586. The van der Waals surface area contributed by atoms with E-state index in [0.717, 1.165) is 43.5 Å². The number of esters is 1. The molecule has 0 bridgehead atoms. The first-order valence-electron chi connectivity index (χ1n) is 14.1. The van der Waals surface area contributed by atoms with Crippen LogP contribution in [0, 0.1) is 13.8 Å². The number of likely N-dealkylation sites (tertiary alicyclic amines) is 1. The Balaban J connectivity index is 1.47. The summed E-state index contributed by atoms with van der Waals surface area (Å²) in [6.07, 6.45) is 3.44. The van der Waals surface area contributed by atoms with Gasteiger partial charge in [-0.05, 0) is 87.4 Å². The van der Waals surface area contributed by atoms with Gasteiger partial charge in [-0.15, -0.1) is 0 Å². The molecule has 2 N–H and O–H groups in total. The van der Waals surface area contributed by atoms with Gasteiger partial charge in [0, 0.05) is 51.2 Å². The smallest absolute Gasteiger partial charge is 0.317 e. The molecule has 1 saturated heterocycles. The van der Waals surface area contributed by atoms with Crippen molar-refractivity contribution in [3.05, 3.63) is 50.4 Å². The fourth-order valence-corrected chi connectivity index (χ4v) is 6.09. The van der Waals surface area contributed by atoms with Gasteiger partial charge in [0.15, 0.2) is 0 Å². The predicted octanol–water partition coefficient (Wildman–Crippen LogP) is 4.94. The number of carbonyl (C=O) groups is 3. The molecule has 40 heavy (non-hydrogen) atoms. The quantitative estimate of drug-likeness (QED) is 0.194. The minimum absolute atomic E-state index is 0.0912. The van der Waals surface area contributed by atoms with Crippen molar-refractivity contribution < 1.29 is 19.1 Å². The zero-order valence-electron chi connectivity index (χ0n) is 24.0. The zero-order chi connectivity index (χ0) is 29.1. The molecular weight excluding hydrogens is 550 g/mol. The second-order valence-electron chi connectivity index (χ2n) is 10.3. The van der Waals surface area contributed by atoms with Crippen LogP contribution in [-0.2, 0) is 16.1 Å². The number of ether oxygens (including phenoxy) is 1. The van der Waals surface area contributed by atoms with Crippen LogP contribution >= 0.6 is 22.9 Å². The summed E-state index contributed by atoms with van der Waals surface area (Å²) in [7, 11) is 0. The van der Waals surface area contributed by atoms with E-state index in [4.69, 9.17) is 16.3 Å². The van der Waals surface area contributed by atoms with Crippen LogP contribution in [0.2, 0.25) is 5.15 Å². The van der Waals surface area contributed by atoms with Crippen molar-refractivity contribution in [1.82, 2.24) is 25.4 Å². The van der Waals surface area contributed by atoms with Crippen molar-refractivity contribution in [3.8, 4) is 0 Å². The largest absolute Gasteiger partial charge is 0.466 e. The Morgan fingerprint density at radius 1 is 1.23 bits per heavy atom. The molecule has 220 valence electrons. The summed E-state index contributed by atoms with van der Waals surface area (Å²) in [4.78, 5) is 46.1. The van der Waals surface area contributed by atoms with Gasteiger partial charge in [0.1, 0.15) is 5.15 Å². The van der Waals surface area contributed by atoms with Crippen LogP contribution in [-0.4, -0.2) is 77.6 Å². The Kier molecular flexibility index (Phi) is 12.7. The summed E-state index contributed by atoms with van der Waals surface area (Å²) in [6.45, 7) is 11.3. The van der Waals surface area contributed by atoms with Gasteiger partial charge in [0.2, 0.25) is 0 Å². The van der Waals surface area contributed by atoms with E-state index in [9.17, 15) is 14.4 Å². The van der Waals surface area contributed by atoms with Gasteiger partial charge >= 0.3 is 12.0 Å². The van der Waals surface area contributed by atoms with Gasteiger partial charge in [0.05, 0.1) is 17.9 Å². The number of carbonyl (C=O) groups excluding carboxylic acids is 3.